The SMILES string of the molecule is Cc1ccc(CCNC(=O)C2(N)CCCC2)cc1.Cl. The topological polar surface area (TPSA) is 55.1 Å². The third kappa shape index (κ3) is 4.22. The largest absolute Gasteiger partial charge is 0.354 e. The van der Waals surface area contributed by atoms with E-state index in [4.69, 9.17) is 5.73 Å². The normalized spacial score (nSPS) is 16.7. The minimum absolute atomic E-state index is 0. The van der Waals surface area contributed by atoms with Gasteiger partial charge >= 0.3 is 0 Å². The maximum Gasteiger partial charge on any atom is 0.240 e. The molecular formula is C15H23ClN2O. The number of nitrogens with two attached hydrogens (primary N) is 1. The second kappa shape index (κ2) is 6.92. The summed E-state index contributed by atoms with van der Waals surface area (Å²) >= 11 is 0. The average Bonchev–Trinajstić information content (AvgIpc) is 2.80. The minimum atomic E-state index is -0.604. The van der Waals surface area contributed by atoms with E-state index >= 15 is 0 Å². The number of rotatable bonds is 4. The highest BCUT2D eigenvalue weighted by molar-refractivity contribution is 5.86. The van der Waals surface area contributed by atoms with E-state index in [0.29, 0.717) is 6.54 Å². The van der Waals surface area contributed by atoms with Crippen LogP contribution in [0, 0.1) is 6.92 Å². The fraction of sp³-hybridized carbons (Fsp3) is 0.533. The Bertz CT molecular complexity index is 411. The molecule has 3 N–H and O–H groups in total. The monoisotopic (exact) mass is 282 g/mol. The predicted molar refractivity (Wildman–Crippen MR) is 80.5 cm³/mol. The first-order chi connectivity index (χ1) is 8.60. The molecular weight excluding hydrogens is 260 g/mol. The zero-order chi connectivity index (χ0) is 13.0. The fourth-order valence-corrected chi connectivity index (χ4v) is 2.48. The number of hydrogen-bond donors (Lipinski definition) is 2. The van der Waals surface area contributed by atoms with Gasteiger partial charge in [-0.1, -0.05) is 42.7 Å². The van der Waals surface area contributed by atoms with Crippen LogP contribution in [-0.2, 0) is 11.2 Å². The van der Waals surface area contributed by atoms with Crippen LogP contribution < -0.4 is 11.1 Å². The van der Waals surface area contributed by atoms with Gasteiger partial charge in [0.25, 0.3) is 0 Å². The van der Waals surface area contributed by atoms with Crippen molar-refractivity contribution in [1.29, 1.82) is 0 Å². The molecule has 1 aromatic carbocycles. The Morgan fingerprint density at radius 2 is 1.84 bits per heavy atom. The van der Waals surface area contributed by atoms with Crippen LogP contribution in [0.25, 0.3) is 0 Å². The molecule has 1 aromatic rings. The number of amides is 1. The van der Waals surface area contributed by atoms with Crippen LogP contribution in [0.5, 0.6) is 0 Å². The minimum Gasteiger partial charge on any atom is -0.354 e. The first-order valence-electron chi connectivity index (χ1n) is 6.73. The van der Waals surface area contributed by atoms with Crippen LogP contribution in [0.2, 0.25) is 0 Å². The van der Waals surface area contributed by atoms with Crippen molar-refractivity contribution < 1.29 is 4.79 Å². The molecule has 1 saturated carbocycles. The molecule has 0 bridgehead atoms. The lowest BCUT2D eigenvalue weighted by atomic mass is 9.98. The van der Waals surface area contributed by atoms with Crippen molar-refractivity contribution in [2.45, 2.75) is 44.6 Å². The zero-order valence-corrected chi connectivity index (χ0v) is 12.3. The van der Waals surface area contributed by atoms with Crippen LogP contribution in [0.3, 0.4) is 0 Å². The van der Waals surface area contributed by atoms with E-state index in [1.807, 2.05) is 0 Å². The lowest BCUT2D eigenvalue weighted by Gasteiger charge is -2.22. The molecule has 0 atom stereocenters. The van der Waals surface area contributed by atoms with E-state index < -0.39 is 5.54 Å². The fourth-order valence-electron chi connectivity index (χ4n) is 2.48. The molecule has 0 heterocycles. The van der Waals surface area contributed by atoms with Crippen LogP contribution in [0.15, 0.2) is 24.3 Å². The lowest BCUT2D eigenvalue weighted by molar-refractivity contribution is -0.126. The van der Waals surface area contributed by atoms with Gasteiger partial charge < -0.3 is 11.1 Å². The molecule has 1 aliphatic rings. The predicted octanol–water partition coefficient (Wildman–Crippen LogP) is 2.35. The Kier molecular flexibility index (Phi) is 5.83. The van der Waals surface area contributed by atoms with Gasteiger partial charge in [0, 0.05) is 6.54 Å². The molecule has 1 aliphatic carbocycles. The highest BCUT2D eigenvalue weighted by Gasteiger charge is 2.36. The maximum atomic E-state index is 12.0. The summed E-state index contributed by atoms with van der Waals surface area (Å²) in [7, 11) is 0. The van der Waals surface area contributed by atoms with Gasteiger partial charge in [-0.3, -0.25) is 4.79 Å². The standard InChI is InChI=1S/C15H22N2O.ClH/c1-12-4-6-13(7-5-12)8-11-17-14(18)15(16)9-2-3-10-15;/h4-7H,2-3,8-11,16H2,1H3,(H,17,18);1H. The Balaban J connectivity index is 0.00000180. The molecule has 106 valence electrons. The van der Waals surface area contributed by atoms with Gasteiger partial charge in [-0.2, -0.15) is 0 Å². The molecule has 2 rings (SSSR count). The average molecular weight is 283 g/mol. The van der Waals surface area contributed by atoms with Gasteiger partial charge in [0.05, 0.1) is 5.54 Å². The Labute approximate surface area is 121 Å². The molecule has 0 aliphatic heterocycles. The number of carbonyl (C=O) groups is 1. The third-order valence-corrected chi connectivity index (χ3v) is 3.77. The maximum absolute atomic E-state index is 12.0. The summed E-state index contributed by atoms with van der Waals surface area (Å²) in [5.74, 6) is 0.0205. The van der Waals surface area contributed by atoms with Crippen molar-refractivity contribution in [3.05, 3.63) is 35.4 Å². The van der Waals surface area contributed by atoms with Crippen molar-refractivity contribution in [1.82, 2.24) is 5.32 Å². The number of hydrogen-bond acceptors (Lipinski definition) is 2. The van der Waals surface area contributed by atoms with Crippen LogP contribution in [-0.4, -0.2) is 18.0 Å². The van der Waals surface area contributed by atoms with E-state index in [0.717, 1.165) is 32.1 Å². The summed E-state index contributed by atoms with van der Waals surface area (Å²) in [4.78, 5) is 12.0. The zero-order valence-electron chi connectivity index (χ0n) is 11.4. The molecule has 1 fully saturated rings. The summed E-state index contributed by atoms with van der Waals surface area (Å²) in [6.45, 7) is 2.74. The second-order valence-electron chi connectivity index (χ2n) is 5.35. The summed E-state index contributed by atoms with van der Waals surface area (Å²) in [6, 6.07) is 8.40. The van der Waals surface area contributed by atoms with Gasteiger partial charge in [0.1, 0.15) is 0 Å². The first-order valence-corrected chi connectivity index (χ1v) is 6.73. The molecule has 19 heavy (non-hydrogen) atoms. The summed E-state index contributed by atoms with van der Waals surface area (Å²) < 4.78 is 0. The summed E-state index contributed by atoms with van der Waals surface area (Å²) in [5.41, 5.74) is 7.99. The van der Waals surface area contributed by atoms with Crippen LogP contribution in [0.4, 0.5) is 0 Å². The summed E-state index contributed by atoms with van der Waals surface area (Å²) in [6.07, 6.45) is 4.65. The van der Waals surface area contributed by atoms with Gasteiger partial charge in [-0.15, -0.1) is 12.4 Å². The molecule has 0 unspecified atom stereocenters. The number of nitrogens with one attached hydrogen (secondary N) is 1. The van der Waals surface area contributed by atoms with E-state index in [2.05, 4.69) is 36.5 Å². The number of benzene rings is 1. The van der Waals surface area contributed by atoms with Crippen molar-refractivity contribution in [3.8, 4) is 0 Å². The molecule has 0 aromatic heterocycles. The van der Waals surface area contributed by atoms with Crippen LogP contribution >= 0.6 is 12.4 Å². The van der Waals surface area contributed by atoms with Gasteiger partial charge in [-0.25, -0.2) is 0 Å². The number of aryl methyl sites for hydroxylation is 1. The Morgan fingerprint density at radius 3 is 2.42 bits per heavy atom. The molecule has 0 radical (unpaired) electrons. The van der Waals surface area contributed by atoms with Crippen molar-refractivity contribution in [2.24, 2.45) is 5.73 Å². The van der Waals surface area contributed by atoms with E-state index in [1.165, 1.54) is 11.1 Å². The van der Waals surface area contributed by atoms with Gasteiger partial charge in [-0.05, 0) is 31.7 Å². The Morgan fingerprint density at radius 1 is 1.26 bits per heavy atom. The number of carbonyl (C=O) groups excluding carboxylic acids is 1. The second-order valence-corrected chi connectivity index (χ2v) is 5.35. The highest BCUT2D eigenvalue weighted by atomic mass is 35.5. The van der Waals surface area contributed by atoms with Crippen molar-refractivity contribution in [3.63, 3.8) is 0 Å². The van der Waals surface area contributed by atoms with E-state index in [9.17, 15) is 4.79 Å². The molecule has 1 amide bonds. The van der Waals surface area contributed by atoms with E-state index in [1.54, 1.807) is 0 Å². The summed E-state index contributed by atoms with van der Waals surface area (Å²) in [5, 5.41) is 2.96. The van der Waals surface area contributed by atoms with Gasteiger partial charge in [0.15, 0.2) is 0 Å². The highest BCUT2D eigenvalue weighted by Crippen LogP contribution is 2.27. The first kappa shape index (κ1) is 16.0. The van der Waals surface area contributed by atoms with Gasteiger partial charge in [0.2, 0.25) is 5.91 Å². The smallest absolute Gasteiger partial charge is 0.240 e. The quantitative estimate of drug-likeness (QED) is 0.891. The van der Waals surface area contributed by atoms with Crippen molar-refractivity contribution >= 4 is 18.3 Å². The van der Waals surface area contributed by atoms with Crippen LogP contribution in [0.1, 0.15) is 36.8 Å². The molecule has 0 spiro atoms. The van der Waals surface area contributed by atoms with Crippen molar-refractivity contribution in [2.75, 3.05) is 6.54 Å². The molecule has 4 heteroatoms. The number of halogens is 1. The third-order valence-electron chi connectivity index (χ3n) is 3.77. The van der Waals surface area contributed by atoms with E-state index in [-0.39, 0.29) is 18.3 Å². The Hall–Kier alpha value is -1.06. The molecule has 3 nitrogen and oxygen atoms in total. The lowest BCUT2D eigenvalue weighted by Crippen LogP contribution is -2.52. The molecule has 0 saturated heterocycles.